The molecule has 1 rings (SSSR count). The lowest BCUT2D eigenvalue weighted by atomic mass is 10.3. The number of hydrogen-bond donors (Lipinski definition) is 0. The molecule has 0 spiro atoms. The Kier molecular flexibility index (Phi) is 5.67. The number of carbonyl (C=O) groups excluding carboxylic acids is 1. The molecule has 0 unspecified atom stereocenters. The van der Waals surface area contributed by atoms with Gasteiger partial charge in [-0.25, -0.2) is 12.8 Å². The van der Waals surface area contributed by atoms with Gasteiger partial charge in [-0.1, -0.05) is 22.9 Å². The minimum absolute atomic E-state index is 0.0772. The van der Waals surface area contributed by atoms with Crippen LogP contribution in [-0.4, -0.2) is 50.7 Å². The highest BCUT2D eigenvalue weighted by molar-refractivity contribution is 9.10. The average molecular weight is 367 g/mol. The van der Waals surface area contributed by atoms with Crippen LogP contribution in [0.15, 0.2) is 27.6 Å². The first-order valence-corrected chi connectivity index (χ1v) is 8.08. The van der Waals surface area contributed by atoms with Crippen LogP contribution < -0.4 is 0 Å². The number of amides is 1. The van der Waals surface area contributed by atoms with Crippen LogP contribution in [0.2, 0.25) is 0 Å². The molecule has 0 aromatic heterocycles. The number of likely N-dealkylation sites (N-methyl/N-ethyl adjacent to an activating group) is 2. The van der Waals surface area contributed by atoms with Crippen molar-refractivity contribution in [1.29, 1.82) is 0 Å². The maximum absolute atomic E-state index is 13.7. The average Bonchev–Trinajstić information content (AvgIpc) is 2.37. The van der Waals surface area contributed by atoms with Crippen molar-refractivity contribution in [2.75, 3.05) is 27.2 Å². The first-order valence-electron chi connectivity index (χ1n) is 5.85. The van der Waals surface area contributed by atoms with Crippen molar-refractivity contribution in [3.05, 3.63) is 28.5 Å². The van der Waals surface area contributed by atoms with Gasteiger partial charge in [0, 0.05) is 25.1 Å². The summed E-state index contributed by atoms with van der Waals surface area (Å²) < 4.78 is 39.9. The van der Waals surface area contributed by atoms with Gasteiger partial charge in [0.2, 0.25) is 15.9 Å². The van der Waals surface area contributed by atoms with E-state index in [1.807, 2.05) is 0 Å². The molecule has 0 aliphatic carbocycles. The third kappa shape index (κ3) is 3.77. The SMILES string of the molecule is CCN(CC(=O)N(C)C)S(=O)(=O)c1cc(Br)ccc1F. The molecule has 0 N–H and O–H groups in total. The summed E-state index contributed by atoms with van der Waals surface area (Å²) in [6.45, 7) is 1.35. The minimum atomic E-state index is -4.05. The molecule has 1 amide bonds. The van der Waals surface area contributed by atoms with E-state index in [0.29, 0.717) is 4.47 Å². The van der Waals surface area contributed by atoms with Gasteiger partial charge in [0.05, 0.1) is 6.54 Å². The fraction of sp³-hybridized carbons (Fsp3) is 0.417. The summed E-state index contributed by atoms with van der Waals surface area (Å²) in [7, 11) is -0.992. The quantitative estimate of drug-likeness (QED) is 0.796. The first-order chi connectivity index (χ1) is 9.20. The van der Waals surface area contributed by atoms with Crippen LogP contribution in [0.5, 0.6) is 0 Å². The molecule has 0 fully saturated rings. The predicted molar refractivity (Wildman–Crippen MR) is 77.2 cm³/mol. The van der Waals surface area contributed by atoms with Crippen LogP contribution in [0.4, 0.5) is 4.39 Å². The van der Waals surface area contributed by atoms with Crippen molar-refractivity contribution in [3.63, 3.8) is 0 Å². The molecule has 0 aliphatic rings. The first kappa shape index (κ1) is 17.1. The summed E-state index contributed by atoms with van der Waals surface area (Å²) in [4.78, 5) is 12.5. The predicted octanol–water partition coefficient (Wildman–Crippen LogP) is 1.69. The van der Waals surface area contributed by atoms with E-state index in [-0.39, 0.29) is 19.0 Å². The highest BCUT2D eigenvalue weighted by Gasteiger charge is 2.28. The van der Waals surface area contributed by atoms with Crippen molar-refractivity contribution in [2.24, 2.45) is 0 Å². The topological polar surface area (TPSA) is 57.7 Å². The fourth-order valence-corrected chi connectivity index (χ4v) is 3.47. The van der Waals surface area contributed by atoms with E-state index in [4.69, 9.17) is 0 Å². The van der Waals surface area contributed by atoms with E-state index in [1.54, 1.807) is 6.92 Å². The van der Waals surface area contributed by atoms with Gasteiger partial charge in [-0.2, -0.15) is 4.31 Å². The number of nitrogens with zero attached hydrogens (tertiary/aromatic N) is 2. The zero-order valence-electron chi connectivity index (χ0n) is 11.4. The van der Waals surface area contributed by atoms with E-state index >= 15 is 0 Å². The molecule has 0 atom stereocenters. The third-order valence-corrected chi connectivity index (χ3v) is 5.10. The van der Waals surface area contributed by atoms with Crippen LogP contribution in [0.3, 0.4) is 0 Å². The maximum Gasteiger partial charge on any atom is 0.246 e. The summed E-state index contributed by atoms with van der Waals surface area (Å²) in [5.41, 5.74) is 0. The molecule has 0 saturated carbocycles. The van der Waals surface area contributed by atoms with Crippen molar-refractivity contribution < 1.29 is 17.6 Å². The monoisotopic (exact) mass is 366 g/mol. The maximum atomic E-state index is 13.7. The van der Waals surface area contributed by atoms with E-state index in [1.165, 1.54) is 31.1 Å². The second-order valence-electron chi connectivity index (χ2n) is 4.29. The Balaban J connectivity index is 3.19. The van der Waals surface area contributed by atoms with E-state index in [9.17, 15) is 17.6 Å². The standard InChI is InChI=1S/C12H16BrFN2O3S/c1-4-16(8-12(17)15(2)3)20(18,19)11-7-9(13)5-6-10(11)14/h5-7H,4,8H2,1-3H3. The molecule has 20 heavy (non-hydrogen) atoms. The second-order valence-corrected chi connectivity index (χ2v) is 7.12. The molecule has 1 aromatic carbocycles. The molecule has 0 bridgehead atoms. The van der Waals surface area contributed by atoms with Crippen molar-refractivity contribution in [2.45, 2.75) is 11.8 Å². The van der Waals surface area contributed by atoms with Crippen LogP contribution in [0.1, 0.15) is 6.92 Å². The molecule has 5 nitrogen and oxygen atoms in total. The molecular weight excluding hydrogens is 351 g/mol. The number of carbonyl (C=O) groups is 1. The summed E-state index contributed by atoms with van der Waals surface area (Å²) in [5.74, 6) is -1.21. The van der Waals surface area contributed by atoms with Gasteiger partial charge >= 0.3 is 0 Å². The van der Waals surface area contributed by atoms with Crippen molar-refractivity contribution >= 4 is 31.9 Å². The number of benzene rings is 1. The highest BCUT2D eigenvalue weighted by atomic mass is 79.9. The van der Waals surface area contributed by atoms with Gasteiger partial charge in [-0.3, -0.25) is 4.79 Å². The minimum Gasteiger partial charge on any atom is -0.348 e. The number of hydrogen-bond acceptors (Lipinski definition) is 3. The Labute approximate surface area is 126 Å². The number of sulfonamides is 1. The zero-order chi connectivity index (χ0) is 15.5. The fourth-order valence-electron chi connectivity index (χ4n) is 1.47. The zero-order valence-corrected chi connectivity index (χ0v) is 13.8. The van der Waals surface area contributed by atoms with Crippen LogP contribution in [0.25, 0.3) is 0 Å². The van der Waals surface area contributed by atoms with Gasteiger partial charge in [0.25, 0.3) is 0 Å². The van der Waals surface area contributed by atoms with Gasteiger partial charge in [-0.15, -0.1) is 0 Å². The second kappa shape index (κ2) is 6.64. The van der Waals surface area contributed by atoms with Crippen LogP contribution >= 0.6 is 15.9 Å². The molecule has 0 heterocycles. The number of rotatable bonds is 5. The Hall–Kier alpha value is -0.990. The van der Waals surface area contributed by atoms with E-state index in [0.717, 1.165) is 10.4 Å². The Bertz CT molecular complexity index is 605. The molecule has 112 valence electrons. The Morgan fingerprint density at radius 1 is 1.35 bits per heavy atom. The lowest BCUT2D eigenvalue weighted by molar-refractivity contribution is -0.128. The largest absolute Gasteiger partial charge is 0.348 e. The lowest BCUT2D eigenvalue weighted by Gasteiger charge is -2.22. The summed E-state index contributed by atoms with van der Waals surface area (Å²) in [6, 6.07) is 3.67. The van der Waals surface area contributed by atoms with Crippen molar-refractivity contribution in [1.82, 2.24) is 9.21 Å². The molecule has 0 saturated heterocycles. The van der Waals surface area contributed by atoms with Gasteiger partial charge in [0.15, 0.2) is 0 Å². The lowest BCUT2D eigenvalue weighted by Crippen LogP contribution is -2.40. The smallest absolute Gasteiger partial charge is 0.246 e. The Morgan fingerprint density at radius 3 is 2.45 bits per heavy atom. The molecular formula is C12H16BrFN2O3S. The van der Waals surface area contributed by atoms with E-state index < -0.39 is 20.7 Å². The molecule has 1 aromatic rings. The summed E-state index contributed by atoms with van der Waals surface area (Å²) in [6.07, 6.45) is 0. The van der Waals surface area contributed by atoms with E-state index in [2.05, 4.69) is 15.9 Å². The van der Waals surface area contributed by atoms with Crippen LogP contribution in [-0.2, 0) is 14.8 Å². The van der Waals surface area contributed by atoms with Crippen LogP contribution in [0, 0.1) is 5.82 Å². The molecule has 0 radical (unpaired) electrons. The summed E-state index contributed by atoms with van der Waals surface area (Å²) in [5, 5.41) is 0. The third-order valence-electron chi connectivity index (χ3n) is 2.67. The Morgan fingerprint density at radius 2 is 1.95 bits per heavy atom. The normalized spacial score (nSPS) is 11.7. The highest BCUT2D eigenvalue weighted by Crippen LogP contribution is 2.23. The number of halogens is 2. The molecule has 0 aliphatic heterocycles. The van der Waals surface area contributed by atoms with Gasteiger partial charge in [0.1, 0.15) is 10.7 Å². The van der Waals surface area contributed by atoms with Crippen molar-refractivity contribution in [3.8, 4) is 0 Å². The summed E-state index contributed by atoms with van der Waals surface area (Å²) >= 11 is 3.11. The van der Waals surface area contributed by atoms with Gasteiger partial charge < -0.3 is 4.90 Å². The molecule has 8 heteroatoms. The van der Waals surface area contributed by atoms with Gasteiger partial charge in [-0.05, 0) is 18.2 Å².